The van der Waals surface area contributed by atoms with E-state index in [0.29, 0.717) is 18.3 Å². The molecule has 2 saturated heterocycles. The molecular weight excluding hydrogens is 348 g/mol. The average molecular weight is 385 g/mol. The maximum Gasteiger partial charge on any atom is 0.183 e. The maximum absolute atomic E-state index is 13.9. The van der Waals surface area contributed by atoms with E-state index in [1.54, 1.807) is 0 Å². The molecule has 4 nitrogen and oxygen atoms in total. The van der Waals surface area contributed by atoms with Crippen LogP contribution in [0.1, 0.15) is 62.7 Å². The number of carbonyl (C=O) groups is 1. The first-order valence-electron chi connectivity index (χ1n) is 11.2. The standard InChI is InChI=1S/C24H36N2O2/c1-20(2)18-25-13-15-26(16-14-25)24(22(27)21-8-4-3-5-9-21)12-17-28-23(19-24)10-6-7-11-23/h3-5,8-9,20H,6-7,10-19H2,1-2H3. The first-order valence-corrected chi connectivity index (χ1v) is 11.2. The number of benzene rings is 1. The van der Waals surface area contributed by atoms with Gasteiger partial charge in [-0.1, -0.05) is 57.0 Å². The molecule has 1 aromatic carbocycles. The fraction of sp³-hybridized carbons (Fsp3) is 0.708. The van der Waals surface area contributed by atoms with E-state index in [-0.39, 0.29) is 5.60 Å². The normalized spacial score (nSPS) is 28.8. The second-order valence-corrected chi connectivity index (χ2v) is 9.57. The molecule has 3 aliphatic rings. The lowest BCUT2D eigenvalue weighted by Crippen LogP contribution is -2.65. The van der Waals surface area contributed by atoms with Crippen molar-refractivity contribution in [3.8, 4) is 0 Å². The summed E-state index contributed by atoms with van der Waals surface area (Å²) in [5.41, 5.74) is 0.396. The van der Waals surface area contributed by atoms with Crippen LogP contribution in [0.2, 0.25) is 0 Å². The van der Waals surface area contributed by atoms with Crippen molar-refractivity contribution in [3.63, 3.8) is 0 Å². The van der Waals surface area contributed by atoms with Gasteiger partial charge in [0.25, 0.3) is 0 Å². The molecule has 3 fully saturated rings. The second kappa shape index (κ2) is 8.25. The molecule has 1 atom stereocenters. The topological polar surface area (TPSA) is 32.8 Å². The molecule has 4 rings (SSSR count). The van der Waals surface area contributed by atoms with Gasteiger partial charge in [-0.2, -0.15) is 0 Å². The minimum atomic E-state index is -0.395. The summed E-state index contributed by atoms with van der Waals surface area (Å²) >= 11 is 0. The lowest BCUT2D eigenvalue weighted by Gasteiger charge is -2.53. The zero-order chi connectivity index (χ0) is 19.6. The van der Waals surface area contributed by atoms with Crippen molar-refractivity contribution in [2.24, 2.45) is 5.92 Å². The smallest absolute Gasteiger partial charge is 0.183 e. The zero-order valence-corrected chi connectivity index (χ0v) is 17.7. The number of hydrogen-bond donors (Lipinski definition) is 0. The van der Waals surface area contributed by atoms with Gasteiger partial charge < -0.3 is 9.64 Å². The highest BCUT2D eigenvalue weighted by molar-refractivity contribution is 6.03. The van der Waals surface area contributed by atoms with Gasteiger partial charge in [-0.05, 0) is 25.2 Å². The van der Waals surface area contributed by atoms with E-state index in [1.165, 1.54) is 12.8 Å². The van der Waals surface area contributed by atoms with Crippen molar-refractivity contribution < 1.29 is 9.53 Å². The lowest BCUT2D eigenvalue weighted by molar-refractivity contribution is -0.128. The molecular formula is C24H36N2O2. The van der Waals surface area contributed by atoms with Crippen molar-refractivity contribution >= 4 is 5.78 Å². The van der Waals surface area contributed by atoms with E-state index in [2.05, 4.69) is 23.6 Å². The molecule has 1 aliphatic carbocycles. The van der Waals surface area contributed by atoms with E-state index < -0.39 is 5.54 Å². The van der Waals surface area contributed by atoms with Crippen LogP contribution >= 0.6 is 0 Å². The van der Waals surface area contributed by atoms with Gasteiger partial charge in [0.2, 0.25) is 0 Å². The van der Waals surface area contributed by atoms with Crippen LogP contribution in [0, 0.1) is 5.92 Å². The molecule has 4 heteroatoms. The molecule has 28 heavy (non-hydrogen) atoms. The quantitative estimate of drug-likeness (QED) is 0.718. The Hall–Kier alpha value is -1.23. The molecule has 0 bridgehead atoms. The third-order valence-corrected chi connectivity index (χ3v) is 7.11. The zero-order valence-electron chi connectivity index (χ0n) is 17.7. The Labute approximate surface area is 170 Å². The van der Waals surface area contributed by atoms with Crippen molar-refractivity contribution in [2.45, 2.75) is 63.5 Å². The van der Waals surface area contributed by atoms with Gasteiger partial charge in [0.05, 0.1) is 11.1 Å². The summed E-state index contributed by atoms with van der Waals surface area (Å²) in [6.07, 6.45) is 6.40. The number of Topliss-reactive ketones (excluding diaryl/α,β-unsaturated/α-hetero) is 1. The van der Waals surface area contributed by atoms with Crippen LogP contribution in [0.15, 0.2) is 30.3 Å². The van der Waals surface area contributed by atoms with Crippen LogP contribution in [0.25, 0.3) is 0 Å². The van der Waals surface area contributed by atoms with Gasteiger partial charge in [-0.3, -0.25) is 9.69 Å². The van der Waals surface area contributed by atoms with Crippen LogP contribution in [0.4, 0.5) is 0 Å². The molecule has 2 heterocycles. The van der Waals surface area contributed by atoms with Crippen molar-refractivity contribution in [1.29, 1.82) is 0 Å². The average Bonchev–Trinajstić information content (AvgIpc) is 3.15. The minimum absolute atomic E-state index is 0.0717. The number of ether oxygens (including phenoxy) is 1. The number of carbonyl (C=O) groups excluding carboxylic acids is 1. The molecule has 0 radical (unpaired) electrons. The molecule has 2 aliphatic heterocycles. The maximum atomic E-state index is 13.9. The SMILES string of the molecule is CC(C)CN1CCN(C2(C(=O)c3ccccc3)CCOC3(CCCC3)C2)CC1. The van der Waals surface area contributed by atoms with E-state index in [1.807, 2.05) is 30.3 Å². The first-order chi connectivity index (χ1) is 13.5. The summed E-state index contributed by atoms with van der Waals surface area (Å²) in [6.45, 7) is 10.5. The number of ketones is 1. The number of piperazine rings is 1. The third-order valence-electron chi connectivity index (χ3n) is 7.11. The van der Waals surface area contributed by atoms with Crippen LogP contribution < -0.4 is 0 Å². The molecule has 1 unspecified atom stereocenters. The van der Waals surface area contributed by atoms with E-state index >= 15 is 0 Å². The summed E-state index contributed by atoms with van der Waals surface area (Å²) in [7, 11) is 0. The van der Waals surface area contributed by atoms with E-state index in [4.69, 9.17) is 4.74 Å². The Balaban J connectivity index is 1.60. The highest BCUT2D eigenvalue weighted by Crippen LogP contribution is 2.47. The van der Waals surface area contributed by atoms with Gasteiger partial charge >= 0.3 is 0 Å². The van der Waals surface area contributed by atoms with Crippen molar-refractivity contribution in [1.82, 2.24) is 9.80 Å². The van der Waals surface area contributed by atoms with Gasteiger partial charge in [-0.25, -0.2) is 0 Å². The fourth-order valence-corrected chi connectivity index (χ4v) is 5.79. The Bertz CT molecular complexity index is 660. The summed E-state index contributed by atoms with van der Waals surface area (Å²) in [5.74, 6) is 1.01. The summed E-state index contributed by atoms with van der Waals surface area (Å²) in [6, 6.07) is 9.97. The van der Waals surface area contributed by atoms with Gasteiger partial charge in [0.1, 0.15) is 0 Å². The molecule has 1 spiro atoms. The molecule has 1 saturated carbocycles. The molecule has 0 amide bonds. The molecule has 154 valence electrons. The fourth-order valence-electron chi connectivity index (χ4n) is 5.79. The molecule has 0 aromatic heterocycles. The predicted octanol–water partition coefficient (Wildman–Crippen LogP) is 4.00. The Morgan fingerprint density at radius 1 is 1.04 bits per heavy atom. The van der Waals surface area contributed by atoms with Gasteiger partial charge in [0.15, 0.2) is 5.78 Å². The van der Waals surface area contributed by atoms with Crippen molar-refractivity contribution in [2.75, 3.05) is 39.3 Å². The summed E-state index contributed by atoms with van der Waals surface area (Å²) in [4.78, 5) is 19.0. The largest absolute Gasteiger partial charge is 0.375 e. The summed E-state index contributed by atoms with van der Waals surface area (Å²) < 4.78 is 6.34. The van der Waals surface area contributed by atoms with E-state index in [0.717, 1.165) is 64.0 Å². The minimum Gasteiger partial charge on any atom is -0.375 e. The lowest BCUT2D eigenvalue weighted by atomic mass is 9.73. The van der Waals surface area contributed by atoms with Gasteiger partial charge in [0, 0.05) is 51.3 Å². The first kappa shape index (κ1) is 20.1. The molecule has 0 N–H and O–H groups in total. The second-order valence-electron chi connectivity index (χ2n) is 9.57. The Morgan fingerprint density at radius 3 is 2.36 bits per heavy atom. The monoisotopic (exact) mass is 384 g/mol. The summed E-state index contributed by atoms with van der Waals surface area (Å²) in [5, 5.41) is 0. The van der Waals surface area contributed by atoms with Gasteiger partial charge in [-0.15, -0.1) is 0 Å². The highest BCUT2D eigenvalue weighted by Gasteiger charge is 2.54. The third kappa shape index (κ3) is 3.92. The highest BCUT2D eigenvalue weighted by atomic mass is 16.5. The van der Waals surface area contributed by atoms with Crippen LogP contribution in [0.3, 0.4) is 0 Å². The Morgan fingerprint density at radius 2 is 1.71 bits per heavy atom. The Kier molecular flexibility index (Phi) is 5.91. The van der Waals surface area contributed by atoms with Crippen LogP contribution in [-0.4, -0.2) is 66.1 Å². The van der Waals surface area contributed by atoms with Crippen LogP contribution in [0.5, 0.6) is 0 Å². The number of hydrogen-bond acceptors (Lipinski definition) is 4. The number of rotatable bonds is 5. The predicted molar refractivity (Wildman–Crippen MR) is 113 cm³/mol. The van der Waals surface area contributed by atoms with Crippen molar-refractivity contribution in [3.05, 3.63) is 35.9 Å². The van der Waals surface area contributed by atoms with Crippen LogP contribution in [-0.2, 0) is 4.74 Å². The van der Waals surface area contributed by atoms with E-state index in [9.17, 15) is 4.79 Å². The number of nitrogens with zero attached hydrogens (tertiary/aromatic N) is 2. The molecule has 1 aromatic rings.